The molecule has 1 aliphatic carbocycles. The Balaban J connectivity index is 1.92. The second-order valence-electron chi connectivity index (χ2n) is 7.97. The molecular weight excluding hydrogens is 355 g/mol. The summed E-state index contributed by atoms with van der Waals surface area (Å²) in [5.74, 6) is 0.0655. The van der Waals surface area contributed by atoms with E-state index in [1.165, 1.54) is 19.4 Å². The molecule has 3 rings (SSSR count). The summed E-state index contributed by atoms with van der Waals surface area (Å²) in [4.78, 5) is 4.19. The molecule has 2 aliphatic rings. The normalized spacial score (nSPS) is 22.7. The third-order valence-electron chi connectivity index (χ3n) is 5.52. The summed E-state index contributed by atoms with van der Waals surface area (Å²) in [5.41, 5.74) is -0.478. The van der Waals surface area contributed by atoms with E-state index in [-0.39, 0.29) is 16.8 Å². The van der Waals surface area contributed by atoms with Gasteiger partial charge >= 0.3 is 7.12 Å². The van der Waals surface area contributed by atoms with Crippen molar-refractivity contribution in [2.75, 3.05) is 7.11 Å². The smallest absolute Gasteiger partial charge is 0.480 e. The molecular formula is C17H27BN2O5S. The van der Waals surface area contributed by atoms with Crippen LogP contribution in [0.1, 0.15) is 53.4 Å². The maximum Gasteiger partial charge on any atom is 0.496 e. The van der Waals surface area contributed by atoms with E-state index in [2.05, 4.69) is 9.71 Å². The monoisotopic (exact) mass is 382 g/mol. The Labute approximate surface area is 156 Å². The van der Waals surface area contributed by atoms with E-state index in [0.717, 1.165) is 25.7 Å². The molecule has 1 saturated carbocycles. The molecule has 1 aromatic heterocycles. The van der Waals surface area contributed by atoms with E-state index in [1.54, 1.807) is 0 Å². The van der Waals surface area contributed by atoms with Gasteiger partial charge in [0.25, 0.3) is 0 Å². The number of hydrogen-bond acceptors (Lipinski definition) is 6. The highest BCUT2D eigenvalue weighted by Crippen LogP contribution is 2.36. The SMILES string of the molecule is COc1ncc(B2OC(C)(C)C(C)(C)O2)cc1S(=O)(=O)NC1CCCC1. The Morgan fingerprint density at radius 2 is 1.77 bits per heavy atom. The summed E-state index contributed by atoms with van der Waals surface area (Å²) in [5, 5.41) is 0. The standard InChI is InChI=1S/C17H27BN2O5S/c1-16(2)17(3,4)25-18(24-16)12-10-14(15(23-5)19-11-12)26(21,22)20-13-8-6-7-9-13/h10-11,13,20H,6-9H2,1-5H3. The molecule has 2 fully saturated rings. The Morgan fingerprint density at radius 3 is 2.31 bits per heavy atom. The van der Waals surface area contributed by atoms with Crippen LogP contribution in [0.2, 0.25) is 0 Å². The fourth-order valence-electron chi connectivity index (χ4n) is 3.23. The van der Waals surface area contributed by atoms with Crippen LogP contribution in [-0.4, -0.2) is 44.9 Å². The van der Waals surface area contributed by atoms with E-state index in [9.17, 15) is 8.42 Å². The second kappa shape index (κ2) is 6.78. The quantitative estimate of drug-likeness (QED) is 0.779. The lowest BCUT2D eigenvalue weighted by Gasteiger charge is -2.32. The molecule has 0 unspecified atom stereocenters. The number of nitrogens with zero attached hydrogens (tertiary/aromatic N) is 1. The molecule has 9 heteroatoms. The third kappa shape index (κ3) is 3.62. The third-order valence-corrected chi connectivity index (χ3v) is 7.04. The van der Waals surface area contributed by atoms with Crippen molar-refractivity contribution >= 4 is 22.6 Å². The summed E-state index contributed by atoms with van der Waals surface area (Å²) in [6, 6.07) is 1.50. The van der Waals surface area contributed by atoms with Gasteiger partial charge in [-0.15, -0.1) is 0 Å². The summed E-state index contributed by atoms with van der Waals surface area (Å²) in [7, 11) is -3.02. The summed E-state index contributed by atoms with van der Waals surface area (Å²) in [6.45, 7) is 7.79. The first-order valence-electron chi connectivity index (χ1n) is 8.98. The number of methoxy groups -OCH3 is 1. The van der Waals surface area contributed by atoms with Gasteiger partial charge in [-0.2, -0.15) is 0 Å². The maximum absolute atomic E-state index is 12.9. The van der Waals surface area contributed by atoms with Crippen molar-refractivity contribution < 1.29 is 22.5 Å². The molecule has 0 bridgehead atoms. The number of aromatic nitrogens is 1. The average Bonchev–Trinajstić information content (AvgIpc) is 3.12. The van der Waals surface area contributed by atoms with Gasteiger partial charge in [0.05, 0.1) is 18.3 Å². The number of ether oxygens (including phenoxy) is 1. The molecule has 1 saturated heterocycles. The van der Waals surface area contributed by atoms with Crippen molar-refractivity contribution in [1.29, 1.82) is 0 Å². The highest BCUT2D eigenvalue weighted by Gasteiger charge is 2.52. The number of nitrogens with one attached hydrogen (secondary N) is 1. The zero-order chi connectivity index (χ0) is 19.2. The molecule has 7 nitrogen and oxygen atoms in total. The molecule has 26 heavy (non-hydrogen) atoms. The van der Waals surface area contributed by atoms with Crippen molar-refractivity contribution in [3.63, 3.8) is 0 Å². The van der Waals surface area contributed by atoms with Gasteiger partial charge in [-0.1, -0.05) is 12.8 Å². The summed E-state index contributed by atoms with van der Waals surface area (Å²) in [6.07, 6.45) is 5.32. The van der Waals surface area contributed by atoms with Gasteiger partial charge in [-0.25, -0.2) is 18.1 Å². The Morgan fingerprint density at radius 1 is 1.19 bits per heavy atom. The van der Waals surface area contributed by atoms with Crippen LogP contribution in [0.3, 0.4) is 0 Å². The number of hydrogen-bond donors (Lipinski definition) is 1. The molecule has 0 atom stereocenters. The van der Waals surface area contributed by atoms with Crippen molar-refractivity contribution in [2.24, 2.45) is 0 Å². The van der Waals surface area contributed by atoms with E-state index < -0.39 is 28.3 Å². The van der Waals surface area contributed by atoms with Crippen molar-refractivity contribution in [2.45, 2.75) is 75.5 Å². The van der Waals surface area contributed by atoms with E-state index >= 15 is 0 Å². The second-order valence-corrected chi connectivity index (χ2v) is 9.65. The molecule has 0 radical (unpaired) electrons. The lowest BCUT2D eigenvalue weighted by molar-refractivity contribution is 0.00578. The van der Waals surface area contributed by atoms with Crippen LogP contribution < -0.4 is 14.9 Å². The van der Waals surface area contributed by atoms with Crippen LogP contribution in [0.25, 0.3) is 0 Å². The molecule has 1 aromatic rings. The van der Waals surface area contributed by atoms with Crippen molar-refractivity contribution in [1.82, 2.24) is 9.71 Å². The van der Waals surface area contributed by atoms with Crippen LogP contribution >= 0.6 is 0 Å². The first-order valence-corrected chi connectivity index (χ1v) is 10.5. The molecule has 1 N–H and O–H groups in total. The van der Waals surface area contributed by atoms with Crippen molar-refractivity contribution in [3.05, 3.63) is 12.3 Å². The van der Waals surface area contributed by atoms with Crippen LogP contribution in [0.4, 0.5) is 0 Å². The van der Waals surface area contributed by atoms with Gasteiger partial charge in [-0.3, -0.25) is 0 Å². The first-order chi connectivity index (χ1) is 12.1. The minimum Gasteiger partial charge on any atom is -0.480 e. The number of pyridine rings is 1. The summed E-state index contributed by atoms with van der Waals surface area (Å²) >= 11 is 0. The Bertz CT molecular complexity index is 759. The van der Waals surface area contributed by atoms with Gasteiger partial charge in [-0.05, 0) is 46.6 Å². The minimum absolute atomic E-state index is 0.0131. The van der Waals surface area contributed by atoms with E-state index in [0.29, 0.717) is 5.46 Å². The van der Waals surface area contributed by atoms with Gasteiger partial charge in [0.2, 0.25) is 15.9 Å². The summed E-state index contributed by atoms with van der Waals surface area (Å²) < 4.78 is 45.7. The highest BCUT2D eigenvalue weighted by atomic mass is 32.2. The van der Waals surface area contributed by atoms with Crippen LogP contribution in [0, 0.1) is 0 Å². The molecule has 0 spiro atoms. The molecule has 144 valence electrons. The van der Waals surface area contributed by atoms with Crippen LogP contribution in [0.15, 0.2) is 17.2 Å². The lowest BCUT2D eigenvalue weighted by Crippen LogP contribution is -2.41. The number of sulfonamides is 1. The predicted molar refractivity (Wildman–Crippen MR) is 99.1 cm³/mol. The van der Waals surface area contributed by atoms with Gasteiger partial charge in [0, 0.05) is 17.7 Å². The van der Waals surface area contributed by atoms with E-state index in [1.807, 2.05) is 27.7 Å². The molecule has 1 aliphatic heterocycles. The molecule has 0 amide bonds. The maximum atomic E-state index is 12.9. The highest BCUT2D eigenvalue weighted by molar-refractivity contribution is 7.89. The predicted octanol–water partition coefficient (Wildman–Crippen LogP) is 1.61. The average molecular weight is 382 g/mol. The topological polar surface area (TPSA) is 86.8 Å². The van der Waals surface area contributed by atoms with Crippen LogP contribution in [-0.2, 0) is 19.3 Å². The van der Waals surface area contributed by atoms with Gasteiger partial charge in [0.15, 0.2) is 0 Å². The fraction of sp³-hybridized carbons (Fsp3) is 0.706. The van der Waals surface area contributed by atoms with Crippen molar-refractivity contribution in [3.8, 4) is 5.88 Å². The van der Waals surface area contributed by atoms with Gasteiger partial charge in [0.1, 0.15) is 4.90 Å². The first kappa shape index (κ1) is 19.6. The Hall–Kier alpha value is -1.16. The lowest BCUT2D eigenvalue weighted by atomic mass is 9.80. The zero-order valence-electron chi connectivity index (χ0n) is 16.0. The zero-order valence-corrected chi connectivity index (χ0v) is 16.9. The van der Waals surface area contributed by atoms with Gasteiger partial charge < -0.3 is 14.0 Å². The Kier molecular flexibility index (Phi) is 5.11. The largest absolute Gasteiger partial charge is 0.496 e. The molecule has 2 heterocycles. The minimum atomic E-state index is -3.74. The van der Waals surface area contributed by atoms with Crippen LogP contribution in [0.5, 0.6) is 5.88 Å². The number of rotatable bonds is 5. The van der Waals surface area contributed by atoms with E-state index in [4.69, 9.17) is 14.0 Å². The fourth-order valence-corrected chi connectivity index (χ4v) is 4.69. The molecule has 0 aromatic carbocycles.